The van der Waals surface area contributed by atoms with Crippen molar-refractivity contribution in [3.05, 3.63) is 35.4 Å². The first-order chi connectivity index (χ1) is 11.8. The van der Waals surface area contributed by atoms with E-state index in [1.807, 2.05) is 0 Å². The highest BCUT2D eigenvalue weighted by molar-refractivity contribution is 5.99. The van der Waals surface area contributed by atoms with E-state index < -0.39 is 17.7 Å². The Labute approximate surface area is 143 Å². The predicted octanol–water partition coefficient (Wildman–Crippen LogP) is 3.25. The summed E-state index contributed by atoms with van der Waals surface area (Å²) in [5.74, 6) is -0.966. The van der Waals surface area contributed by atoms with Crippen molar-refractivity contribution in [1.82, 2.24) is 4.90 Å². The van der Waals surface area contributed by atoms with Gasteiger partial charge in [0.15, 0.2) is 5.78 Å². The summed E-state index contributed by atoms with van der Waals surface area (Å²) in [5, 5.41) is 0. The van der Waals surface area contributed by atoms with Crippen LogP contribution in [0.2, 0.25) is 0 Å². The van der Waals surface area contributed by atoms with Gasteiger partial charge in [-0.15, -0.1) is 0 Å². The molecule has 4 nitrogen and oxygen atoms in total. The van der Waals surface area contributed by atoms with Crippen LogP contribution in [0.5, 0.6) is 0 Å². The number of ketones is 2. The minimum atomic E-state index is -4.45. The number of alkyl halides is 3. The van der Waals surface area contributed by atoms with Crippen LogP contribution in [0.25, 0.3) is 0 Å². The number of carbonyl (C=O) groups is 3. The number of carbonyl (C=O) groups excluding carboxylic acids is 3. The minimum Gasteiger partial charge on any atom is -0.339 e. The first-order valence-electron chi connectivity index (χ1n) is 8.30. The second-order valence-electron chi connectivity index (χ2n) is 6.57. The van der Waals surface area contributed by atoms with E-state index in [0.29, 0.717) is 25.8 Å². The Hall–Kier alpha value is -2.18. The summed E-state index contributed by atoms with van der Waals surface area (Å²) < 4.78 is 37.8. The summed E-state index contributed by atoms with van der Waals surface area (Å²) >= 11 is 0. The molecule has 2 saturated heterocycles. The van der Waals surface area contributed by atoms with Crippen molar-refractivity contribution in [2.45, 2.75) is 44.3 Å². The molecule has 1 unspecified atom stereocenters. The molecule has 1 aromatic rings. The van der Waals surface area contributed by atoms with Gasteiger partial charge in [-0.05, 0) is 25.0 Å². The fourth-order valence-corrected chi connectivity index (χ4v) is 3.70. The Balaban J connectivity index is 1.74. The molecule has 0 bridgehead atoms. The molecule has 25 heavy (non-hydrogen) atoms. The molecule has 1 amide bonds. The fourth-order valence-electron chi connectivity index (χ4n) is 3.70. The highest BCUT2D eigenvalue weighted by atomic mass is 19.4. The molecule has 2 atom stereocenters. The largest absolute Gasteiger partial charge is 0.416 e. The van der Waals surface area contributed by atoms with Gasteiger partial charge in [-0.25, -0.2) is 0 Å². The normalized spacial score (nSPS) is 24.2. The van der Waals surface area contributed by atoms with Crippen molar-refractivity contribution >= 4 is 17.5 Å². The zero-order valence-corrected chi connectivity index (χ0v) is 13.5. The van der Waals surface area contributed by atoms with Crippen molar-refractivity contribution in [2.24, 2.45) is 5.92 Å². The van der Waals surface area contributed by atoms with E-state index in [1.54, 1.807) is 4.90 Å². The van der Waals surface area contributed by atoms with Gasteiger partial charge in [-0.3, -0.25) is 14.4 Å². The highest BCUT2D eigenvalue weighted by Gasteiger charge is 2.41. The van der Waals surface area contributed by atoms with Crippen molar-refractivity contribution in [3.8, 4) is 0 Å². The van der Waals surface area contributed by atoms with Crippen molar-refractivity contribution < 1.29 is 27.6 Å². The molecule has 0 saturated carbocycles. The molecule has 2 aliphatic rings. The summed E-state index contributed by atoms with van der Waals surface area (Å²) in [6.07, 6.45) is -2.46. The molecule has 0 radical (unpaired) electrons. The average Bonchev–Trinajstić information content (AvgIpc) is 2.57. The Morgan fingerprint density at radius 1 is 1.12 bits per heavy atom. The zero-order valence-electron chi connectivity index (χ0n) is 13.5. The van der Waals surface area contributed by atoms with Crippen LogP contribution in [-0.4, -0.2) is 35.0 Å². The number of halogens is 3. The summed E-state index contributed by atoms with van der Waals surface area (Å²) in [6.45, 7) is 0.396. The molecule has 3 rings (SSSR count). The summed E-state index contributed by atoms with van der Waals surface area (Å²) in [4.78, 5) is 38.4. The second kappa shape index (κ2) is 6.61. The number of piperidine rings is 2. The molecule has 0 aromatic heterocycles. The van der Waals surface area contributed by atoms with Crippen LogP contribution in [-0.2, 0) is 15.8 Å². The number of nitrogens with zero attached hydrogens (tertiary/aromatic N) is 1. The molecule has 1 aromatic carbocycles. The van der Waals surface area contributed by atoms with Crippen LogP contribution >= 0.6 is 0 Å². The number of hydrogen-bond donors (Lipinski definition) is 0. The number of rotatable bonds is 3. The van der Waals surface area contributed by atoms with Crippen LogP contribution in [0.1, 0.15) is 48.0 Å². The molecule has 2 aliphatic heterocycles. The number of hydrogen-bond acceptors (Lipinski definition) is 3. The summed E-state index contributed by atoms with van der Waals surface area (Å²) in [5.41, 5.74) is -0.665. The standard InChI is InChI=1S/C18H18F3NO3/c19-18(20,21)12-6-4-11(5-7-12)16(24)10-13-14-2-1-3-17(25)22(14)9-8-15(13)23/h4-7,13-14H,1-3,8-10H2/t13?,14-/m1/s1. The van der Waals surface area contributed by atoms with Crippen LogP contribution in [0.4, 0.5) is 13.2 Å². The lowest BCUT2D eigenvalue weighted by atomic mass is 9.79. The molecule has 0 aliphatic carbocycles. The first-order valence-corrected chi connectivity index (χ1v) is 8.30. The average molecular weight is 353 g/mol. The maximum Gasteiger partial charge on any atom is 0.416 e. The van der Waals surface area contributed by atoms with Gasteiger partial charge < -0.3 is 4.90 Å². The van der Waals surface area contributed by atoms with E-state index in [2.05, 4.69) is 0 Å². The number of Topliss-reactive ketones (excluding diaryl/α,β-unsaturated/α-hetero) is 2. The second-order valence-corrected chi connectivity index (χ2v) is 6.57. The van der Waals surface area contributed by atoms with Gasteiger partial charge in [0.05, 0.1) is 5.56 Å². The molecule has 0 spiro atoms. The van der Waals surface area contributed by atoms with E-state index in [0.717, 1.165) is 24.3 Å². The van der Waals surface area contributed by atoms with Gasteiger partial charge in [0.25, 0.3) is 0 Å². The predicted molar refractivity (Wildman–Crippen MR) is 82.9 cm³/mol. The van der Waals surface area contributed by atoms with Crippen LogP contribution < -0.4 is 0 Å². The Morgan fingerprint density at radius 2 is 1.80 bits per heavy atom. The van der Waals surface area contributed by atoms with Gasteiger partial charge in [-0.2, -0.15) is 13.2 Å². The van der Waals surface area contributed by atoms with E-state index in [9.17, 15) is 27.6 Å². The van der Waals surface area contributed by atoms with E-state index in [-0.39, 0.29) is 41.9 Å². The first kappa shape index (κ1) is 17.6. The third-order valence-electron chi connectivity index (χ3n) is 5.03. The quantitative estimate of drug-likeness (QED) is 0.784. The number of amides is 1. The van der Waals surface area contributed by atoms with Crippen molar-refractivity contribution in [1.29, 1.82) is 0 Å². The van der Waals surface area contributed by atoms with Gasteiger partial charge in [0, 0.05) is 43.3 Å². The maximum atomic E-state index is 12.6. The van der Waals surface area contributed by atoms with E-state index in [4.69, 9.17) is 0 Å². The lowest BCUT2D eigenvalue weighted by Crippen LogP contribution is -2.54. The molecular weight excluding hydrogens is 335 g/mol. The van der Waals surface area contributed by atoms with Crippen LogP contribution in [0, 0.1) is 5.92 Å². The minimum absolute atomic E-state index is 0.00993. The van der Waals surface area contributed by atoms with Crippen molar-refractivity contribution in [2.75, 3.05) is 6.54 Å². The maximum absolute atomic E-state index is 12.6. The lowest BCUT2D eigenvalue weighted by molar-refractivity contribution is -0.145. The van der Waals surface area contributed by atoms with Crippen molar-refractivity contribution in [3.63, 3.8) is 0 Å². The van der Waals surface area contributed by atoms with Gasteiger partial charge in [0.2, 0.25) is 5.91 Å². The van der Waals surface area contributed by atoms with Crippen LogP contribution in [0.15, 0.2) is 24.3 Å². The SMILES string of the molecule is O=C(CC1C(=O)CCN2C(=O)CCC[C@H]12)c1ccc(C(F)(F)F)cc1. The van der Waals surface area contributed by atoms with Gasteiger partial charge >= 0.3 is 6.18 Å². The third kappa shape index (κ3) is 3.60. The number of fused-ring (bicyclic) bond motifs is 1. The van der Waals surface area contributed by atoms with Crippen LogP contribution in [0.3, 0.4) is 0 Å². The Kier molecular flexibility index (Phi) is 4.67. The summed E-state index contributed by atoms with van der Waals surface area (Å²) in [7, 11) is 0. The molecule has 134 valence electrons. The number of benzene rings is 1. The van der Waals surface area contributed by atoms with E-state index >= 15 is 0 Å². The topological polar surface area (TPSA) is 54.5 Å². The molecule has 0 N–H and O–H groups in total. The van der Waals surface area contributed by atoms with E-state index in [1.165, 1.54) is 0 Å². The smallest absolute Gasteiger partial charge is 0.339 e. The van der Waals surface area contributed by atoms with Gasteiger partial charge in [0.1, 0.15) is 5.78 Å². The summed E-state index contributed by atoms with van der Waals surface area (Å²) in [6, 6.07) is 3.75. The molecule has 2 heterocycles. The molecule has 2 fully saturated rings. The molecular formula is C18H18F3NO3. The third-order valence-corrected chi connectivity index (χ3v) is 5.03. The highest BCUT2D eigenvalue weighted by Crippen LogP contribution is 2.33. The van der Waals surface area contributed by atoms with Gasteiger partial charge in [-0.1, -0.05) is 12.1 Å². The Morgan fingerprint density at radius 3 is 2.44 bits per heavy atom. The molecule has 7 heteroatoms. The lowest BCUT2D eigenvalue weighted by Gasteiger charge is -2.43. The fraction of sp³-hybridized carbons (Fsp3) is 0.500. The Bertz CT molecular complexity index is 697. The monoisotopic (exact) mass is 353 g/mol. The zero-order chi connectivity index (χ0) is 18.2.